The summed E-state index contributed by atoms with van der Waals surface area (Å²) < 4.78 is 16.7. The molecule has 1 rings (SSSR count). The summed E-state index contributed by atoms with van der Waals surface area (Å²) in [6, 6.07) is 7.60. The Balaban J connectivity index is 2.22. The topological polar surface area (TPSA) is 64.1 Å². The number of guanidine groups is 1. The van der Waals surface area contributed by atoms with Crippen LogP contribution in [0.5, 0.6) is 11.5 Å². The third-order valence-electron chi connectivity index (χ3n) is 3.37. The lowest BCUT2D eigenvalue weighted by molar-refractivity contribution is 0.108. The summed E-state index contributed by atoms with van der Waals surface area (Å²) in [6.07, 6.45) is 0.948. The van der Waals surface area contributed by atoms with Gasteiger partial charge in [0.2, 0.25) is 0 Å². The van der Waals surface area contributed by atoms with Crippen LogP contribution in [-0.4, -0.2) is 52.5 Å². The SMILES string of the molecule is CN=C(NCCCOCC(C)C)NCC(C)Oc1cccc(OC)c1. The zero-order valence-electron chi connectivity index (χ0n) is 16.2. The van der Waals surface area contributed by atoms with E-state index < -0.39 is 0 Å². The van der Waals surface area contributed by atoms with Gasteiger partial charge < -0.3 is 24.8 Å². The average Bonchev–Trinajstić information content (AvgIpc) is 2.60. The lowest BCUT2D eigenvalue weighted by Gasteiger charge is -2.18. The molecule has 1 aromatic rings. The normalized spacial score (nSPS) is 12.8. The van der Waals surface area contributed by atoms with Crippen molar-refractivity contribution in [2.24, 2.45) is 10.9 Å². The van der Waals surface area contributed by atoms with Crippen molar-refractivity contribution < 1.29 is 14.2 Å². The van der Waals surface area contributed by atoms with E-state index in [1.807, 2.05) is 31.2 Å². The minimum atomic E-state index is 0.0000289. The number of nitrogens with one attached hydrogen (secondary N) is 2. The molecule has 0 aromatic heterocycles. The first-order valence-corrected chi connectivity index (χ1v) is 8.88. The number of aliphatic imine (C=N–C) groups is 1. The van der Waals surface area contributed by atoms with Gasteiger partial charge in [0.1, 0.15) is 17.6 Å². The molecular weight excluding hydrogens is 318 g/mol. The van der Waals surface area contributed by atoms with Crippen molar-refractivity contribution in [3.8, 4) is 11.5 Å². The fraction of sp³-hybridized carbons (Fsp3) is 0.632. The molecule has 0 spiro atoms. The molecule has 0 saturated carbocycles. The fourth-order valence-corrected chi connectivity index (χ4v) is 2.11. The highest BCUT2D eigenvalue weighted by Crippen LogP contribution is 2.19. The third kappa shape index (κ3) is 9.82. The quantitative estimate of drug-likeness (QED) is 0.365. The second kappa shape index (κ2) is 12.4. The summed E-state index contributed by atoms with van der Waals surface area (Å²) in [5, 5.41) is 6.55. The highest BCUT2D eigenvalue weighted by Gasteiger charge is 2.06. The van der Waals surface area contributed by atoms with Crippen molar-refractivity contribution in [1.29, 1.82) is 0 Å². The third-order valence-corrected chi connectivity index (χ3v) is 3.37. The molecule has 0 amide bonds. The smallest absolute Gasteiger partial charge is 0.191 e. The van der Waals surface area contributed by atoms with E-state index in [-0.39, 0.29) is 6.10 Å². The number of ether oxygens (including phenoxy) is 3. The summed E-state index contributed by atoms with van der Waals surface area (Å²) in [4.78, 5) is 4.22. The van der Waals surface area contributed by atoms with E-state index in [0.717, 1.165) is 43.6 Å². The molecule has 0 radical (unpaired) electrons. The van der Waals surface area contributed by atoms with Crippen molar-refractivity contribution in [3.63, 3.8) is 0 Å². The molecule has 0 heterocycles. The van der Waals surface area contributed by atoms with Gasteiger partial charge in [-0.3, -0.25) is 4.99 Å². The zero-order chi connectivity index (χ0) is 18.5. The number of methoxy groups -OCH3 is 1. The molecule has 142 valence electrons. The molecule has 0 aliphatic carbocycles. The molecule has 1 unspecified atom stereocenters. The maximum atomic E-state index is 5.89. The summed E-state index contributed by atoms with van der Waals surface area (Å²) in [5.74, 6) is 2.92. The average molecular weight is 351 g/mol. The van der Waals surface area contributed by atoms with Crippen LogP contribution in [0.2, 0.25) is 0 Å². The van der Waals surface area contributed by atoms with Crippen molar-refractivity contribution in [1.82, 2.24) is 10.6 Å². The van der Waals surface area contributed by atoms with Crippen molar-refractivity contribution in [2.45, 2.75) is 33.3 Å². The molecule has 6 nitrogen and oxygen atoms in total. The lowest BCUT2D eigenvalue weighted by atomic mass is 10.2. The Hall–Kier alpha value is -1.95. The number of rotatable bonds is 11. The Morgan fingerprint density at radius 2 is 1.92 bits per heavy atom. The van der Waals surface area contributed by atoms with Gasteiger partial charge >= 0.3 is 0 Å². The molecule has 2 N–H and O–H groups in total. The largest absolute Gasteiger partial charge is 0.497 e. The highest BCUT2D eigenvalue weighted by molar-refractivity contribution is 5.79. The number of benzene rings is 1. The summed E-state index contributed by atoms with van der Waals surface area (Å²) in [5.41, 5.74) is 0. The fourth-order valence-electron chi connectivity index (χ4n) is 2.11. The summed E-state index contributed by atoms with van der Waals surface area (Å²) >= 11 is 0. The molecule has 0 saturated heterocycles. The van der Waals surface area contributed by atoms with Gasteiger partial charge in [-0.25, -0.2) is 0 Å². The van der Waals surface area contributed by atoms with Gasteiger partial charge in [0.15, 0.2) is 5.96 Å². The first-order valence-electron chi connectivity index (χ1n) is 8.88. The Kier molecular flexibility index (Phi) is 10.5. The number of hydrogen-bond acceptors (Lipinski definition) is 4. The molecule has 6 heteroatoms. The number of nitrogens with zero attached hydrogens (tertiary/aromatic N) is 1. The van der Waals surface area contributed by atoms with Crippen molar-refractivity contribution >= 4 is 5.96 Å². The van der Waals surface area contributed by atoms with Gasteiger partial charge in [0.05, 0.1) is 13.7 Å². The van der Waals surface area contributed by atoms with Gasteiger partial charge in [-0.15, -0.1) is 0 Å². The van der Waals surface area contributed by atoms with Crippen LogP contribution < -0.4 is 20.1 Å². The van der Waals surface area contributed by atoms with Crippen LogP contribution in [0.15, 0.2) is 29.3 Å². The van der Waals surface area contributed by atoms with E-state index in [1.54, 1.807) is 14.2 Å². The number of hydrogen-bond donors (Lipinski definition) is 2. The summed E-state index contributed by atoms with van der Waals surface area (Å²) in [7, 11) is 3.41. The first kappa shape index (κ1) is 21.1. The highest BCUT2D eigenvalue weighted by atomic mass is 16.5. The van der Waals surface area contributed by atoms with Crippen LogP contribution in [0.4, 0.5) is 0 Å². The van der Waals surface area contributed by atoms with Gasteiger partial charge in [-0.1, -0.05) is 19.9 Å². The minimum Gasteiger partial charge on any atom is -0.497 e. The Morgan fingerprint density at radius 3 is 2.60 bits per heavy atom. The Morgan fingerprint density at radius 1 is 1.16 bits per heavy atom. The minimum absolute atomic E-state index is 0.0000289. The van der Waals surface area contributed by atoms with Gasteiger partial charge in [-0.05, 0) is 31.4 Å². The Labute approximate surface area is 152 Å². The van der Waals surface area contributed by atoms with Gasteiger partial charge in [-0.2, -0.15) is 0 Å². The summed E-state index contributed by atoms with van der Waals surface area (Å²) in [6.45, 7) is 9.37. The predicted molar refractivity (Wildman–Crippen MR) is 103 cm³/mol. The van der Waals surface area contributed by atoms with Crippen LogP contribution in [0.3, 0.4) is 0 Å². The Bertz CT molecular complexity index is 506. The molecule has 0 fully saturated rings. The standard InChI is InChI=1S/C19H33N3O3/c1-15(2)14-24-11-7-10-21-19(20-4)22-13-16(3)25-18-9-6-8-17(12-18)23-5/h6,8-9,12,15-16H,7,10-11,13-14H2,1-5H3,(H2,20,21,22). The van der Waals surface area contributed by atoms with Crippen LogP contribution in [0.25, 0.3) is 0 Å². The maximum Gasteiger partial charge on any atom is 0.191 e. The van der Waals surface area contributed by atoms with E-state index in [9.17, 15) is 0 Å². The van der Waals surface area contributed by atoms with Gasteiger partial charge in [0, 0.05) is 32.9 Å². The van der Waals surface area contributed by atoms with Crippen LogP contribution in [-0.2, 0) is 4.74 Å². The maximum absolute atomic E-state index is 5.89. The molecule has 0 aliphatic heterocycles. The monoisotopic (exact) mass is 351 g/mol. The molecule has 0 bridgehead atoms. The predicted octanol–water partition coefficient (Wildman–Crippen LogP) is 2.69. The lowest BCUT2D eigenvalue weighted by Crippen LogP contribution is -2.42. The van der Waals surface area contributed by atoms with Crippen molar-refractivity contribution in [3.05, 3.63) is 24.3 Å². The van der Waals surface area contributed by atoms with Crippen LogP contribution >= 0.6 is 0 Å². The zero-order valence-corrected chi connectivity index (χ0v) is 16.2. The second-order valence-electron chi connectivity index (χ2n) is 6.31. The van der Waals surface area contributed by atoms with Crippen LogP contribution in [0, 0.1) is 5.92 Å². The first-order chi connectivity index (χ1) is 12.0. The molecule has 0 aliphatic rings. The van der Waals surface area contributed by atoms with Crippen LogP contribution in [0.1, 0.15) is 27.2 Å². The molecule has 25 heavy (non-hydrogen) atoms. The molecular formula is C19H33N3O3. The van der Waals surface area contributed by atoms with E-state index in [1.165, 1.54) is 0 Å². The van der Waals surface area contributed by atoms with Gasteiger partial charge in [0.25, 0.3) is 0 Å². The van der Waals surface area contributed by atoms with E-state index in [4.69, 9.17) is 14.2 Å². The molecule has 1 atom stereocenters. The second-order valence-corrected chi connectivity index (χ2v) is 6.31. The van der Waals surface area contributed by atoms with Crippen molar-refractivity contribution in [2.75, 3.05) is 40.5 Å². The molecule has 1 aromatic carbocycles. The van der Waals surface area contributed by atoms with E-state index in [2.05, 4.69) is 29.5 Å². The van der Waals surface area contributed by atoms with E-state index >= 15 is 0 Å². The van der Waals surface area contributed by atoms with E-state index in [0.29, 0.717) is 12.5 Å².